The third-order valence-electron chi connectivity index (χ3n) is 5.32. The van der Waals surface area contributed by atoms with E-state index in [2.05, 4.69) is 63.8 Å². The monoisotopic (exact) mass is 469 g/mol. The zero-order chi connectivity index (χ0) is 17.6. The van der Waals surface area contributed by atoms with Crippen LogP contribution in [0.25, 0.3) is 10.9 Å². The fourth-order valence-corrected chi connectivity index (χ4v) is 3.94. The zero-order valence-electron chi connectivity index (χ0n) is 16.1. The smallest absolute Gasteiger partial charge is 0.191 e. The summed E-state index contributed by atoms with van der Waals surface area (Å²) < 4.78 is 0. The van der Waals surface area contributed by atoms with Gasteiger partial charge in [0.05, 0.1) is 0 Å². The number of likely N-dealkylation sites (tertiary alicyclic amines) is 1. The summed E-state index contributed by atoms with van der Waals surface area (Å²) in [5, 5.41) is 8.31. The van der Waals surface area contributed by atoms with Gasteiger partial charge in [0.15, 0.2) is 5.96 Å². The largest absolute Gasteiger partial charge is 0.361 e. The summed E-state index contributed by atoms with van der Waals surface area (Å²) in [5.41, 5.74) is 3.92. The molecule has 1 unspecified atom stereocenters. The van der Waals surface area contributed by atoms with Gasteiger partial charge in [-0.15, -0.1) is 24.0 Å². The average molecular weight is 469 g/mol. The van der Waals surface area contributed by atoms with E-state index < -0.39 is 0 Å². The van der Waals surface area contributed by atoms with Gasteiger partial charge in [0.1, 0.15) is 0 Å². The average Bonchev–Trinajstić information content (AvgIpc) is 3.25. The maximum atomic E-state index is 4.37. The van der Waals surface area contributed by atoms with Crippen molar-refractivity contribution in [3.05, 3.63) is 35.5 Å². The van der Waals surface area contributed by atoms with Crippen LogP contribution < -0.4 is 10.6 Å². The number of fused-ring (bicyclic) bond motifs is 1. The van der Waals surface area contributed by atoms with Crippen LogP contribution >= 0.6 is 24.0 Å². The van der Waals surface area contributed by atoms with E-state index in [0.717, 1.165) is 32.0 Å². The van der Waals surface area contributed by atoms with Crippen LogP contribution in [0.5, 0.6) is 0 Å². The molecule has 2 aromatic rings. The number of rotatable bonds is 6. The normalized spacial score (nSPS) is 18.1. The first kappa shape index (κ1) is 21.0. The van der Waals surface area contributed by atoms with E-state index in [1.807, 2.05) is 7.05 Å². The Balaban J connectivity index is 0.00000243. The minimum atomic E-state index is 0. The maximum Gasteiger partial charge on any atom is 0.191 e. The fraction of sp³-hybridized carbons (Fsp3) is 0.550. The van der Waals surface area contributed by atoms with Crippen molar-refractivity contribution in [1.29, 1.82) is 0 Å². The first-order valence-electron chi connectivity index (χ1n) is 9.47. The molecule has 0 bridgehead atoms. The quantitative estimate of drug-likeness (QED) is 0.346. The van der Waals surface area contributed by atoms with Crippen molar-refractivity contribution in [3.63, 3.8) is 0 Å². The van der Waals surface area contributed by atoms with Crippen molar-refractivity contribution in [2.24, 2.45) is 4.99 Å². The van der Waals surface area contributed by atoms with Crippen molar-refractivity contribution in [2.45, 2.75) is 39.2 Å². The lowest BCUT2D eigenvalue weighted by Gasteiger charge is -2.24. The second-order valence-electron chi connectivity index (χ2n) is 6.87. The van der Waals surface area contributed by atoms with E-state index in [-0.39, 0.29) is 24.0 Å². The number of aryl methyl sites for hydroxylation is 1. The summed E-state index contributed by atoms with van der Waals surface area (Å²) in [6.07, 6.45) is 5.71. The minimum Gasteiger partial charge on any atom is -0.361 e. The predicted molar refractivity (Wildman–Crippen MR) is 122 cm³/mol. The van der Waals surface area contributed by atoms with Gasteiger partial charge in [-0.25, -0.2) is 0 Å². The number of nitrogens with zero attached hydrogens (tertiary/aromatic N) is 2. The molecule has 144 valence electrons. The van der Waals surface area contributed by atoms with E-state index in [4.69, 9.17) is 0 Å². The van der Waals surface area contributed by atoms with Gasteiger partial charge in [0.2, 0.25) is 0 Å². The number of aliphatic imine (C=N–C) groups is 1. The molecule has 0 saturated carbocycles. The SMILES string of the molecule is CCN1CCCC1CNC(=NC)NCCc1c[nH]c2cccc(C)c12.I. The van der Waals surface area contributed by atoms with Gasteiger partial charge in [-0.1, -0.05) is 19.1 Å². The van der Waals surface area contributed by atoms with Gasteiger partial charge in [-0.3, -0.25) is 9.89 Å². The molecule has 26 heavy (non-hydrogen) atoms. The number of aromatic amines is 1. The summed E-state index contributed by atoms with van der Waals surface area (Å²) in [6, 6.07) is 7.06. The topological polar surface area (TPSA) is 55.4 Å². The van der Waals surface area contributed by atoms with Gasteiger partial charge in [0, 0.05) is 43.3 Å². The molecular formula is C20H32IN5. The van der Waals surface area contributed by atoms with Crippen LogP contribution in [-0.4, -0.2) is 55.1 Å². The number of nitrogens with one attached hydrogen (secondary N) is 3. The number of benzene rings is 1. The summed E-state index contributed by atoms with van der Waals surface area (Å²) in [7, 11) is 1.84. The van der Waals surface area contributed by atoms with Crippen molar-refractivity contribution >= 4 is 40.8 Å². The Morgan fingerprint density at radius 2 is 2.19 bits per heavy atom. The third kappa shape index (κ3) is 4.91. The molecular weight excluding hydrogens is 437 g/mol. The van der Waals surface area contributed by atoms with Crippen molar-refractivity contribution in [3.8, 4) is 0 Å². The first-order chi connectivity index (χ1) is 12.2. The second kappa shape index (κ2) is 10.2. The zero-order valence-corrected chi connectivity index (χ0v) is 18.5. The van der Waals surface area contributed by atoms with Crippen LogP contribution in [0.15, 0.2) is 29.4 Å². The molecule has 1 aliphatic heterocycles. The highest BCUT2D eigenvalue weighted by molar-refractivity contribution is 14.0. The van der Waals surface area contributed by atoms with E-state index in [0.29, 0.717) is 6.04 Å². The predicted octanol–water partition coefficient (Wildman–Crippen LogP) is 3.29. The molecule has 0 aliphatic carbocycles. The molecule has 5 nitrogen and oxygen atoms in total. The summed E-state index contributed by atoms with van der Waals surface area (Å²) >= 11 is 0. The number of H-pyrrole nitrogens is 1. The molecule has 1 aliphatic rings. The third-order valence-corrected chi connectivity index (χ3v) is 5.32. The molecule has 1 saturated heterocycles. The molecule has 0 amide bonds. The summed E-state index contributed by atoms with van der Waals surface area (Å²) in [6.45, 7) is 8.64. The van der Waals surface area contributed by atoms with E-state index in [9.17, 15) is 0 Å². The van der Waals surface area contributed by atoms with Crippen LogP contribution in [0.3, 0.4) is 0 Å². The van der Waals surface area contributed by atoms with E-state index >= 15 is 0 Å². The fourth-order valence-electron chi connectivity index (χ4n) is 3.94. The van der Waals surface area contributed by atoms with Crippen LogP contribution in [0, 0.1) is 6.92 Å². The van der Waals surface area contributed by atoms with Crippen molar-refractivity contribution < 1.29 is 0 Å². The molecule has 1 aromatic heterocycles. The highest BCUT2D eigenvalue weighted by atomic mass is 127. The molecule has 0 spiro atoms. The highest BCUT2D eigenvalue weighted by Crippen LogP contribution is 2.22. The van der Waals surface area contributed by atoms with Crippen LogP contribution in [0.1, 0.15) is 30.9 Å². The van der Waals surface area contributed by atoms with Crippen LogP contribution in [0.2, 0.25) is 0 Å². The lowest BCUT2D eigenvalue weighted by Crippen LogP contribution is -2.45. The number of likely N-dealkylation sites (N-methyl/N-ethyl adjacent to an activating group) is 1. The van der Waals surface area contributed by atoms with Gasteiger partial charge in [-0.2, -0.15) is 0 Å². The summed E-state index contributed by atoms with van der Waals surface area (Å²) in [4.78, 5) is 10.3. The molecule has 1 atom stereocenters. The molecule has 0 radical (unpaired) electrons. The van der Waals surface area contributed by atoms with Crippen molar-refractivity contribution in [1.82, 2.24) is 20.5 Å². The minimum absolute atomic E-state index is 0. The Kier molecular flexibility index (Phi) is 8.21. The molecule has 1 fully saturated rings. The Labute approximate surface area is 174 Å². The van der Waals surface area contributed by atoms with Crippen molar-refractivity contribution in [2.75, 3.05) is 33.2 Å². The number of hydrogen-bond donors (Lipinski definition) is 3. The molecule has 3 rings (SSSR count). The summed E-state index contributed by atoms with van der Waals surface area (Å²) in [5.74, 6) is 0.902. The Bertz CT molecular complexity index is 724. The van der Waals surface area contributed by atoms with Gasteiger partial charge < -0.3 is 15.6 Å². The number of halogens is 1. The second-order valence-corrected chi connectivity index (χ2v) is 6.87. The number of guanidine groups is 1. The molecule has 1 aromatic carbocycles. The van der Waals surface area contributed by atoms with Crippen LogP contribution in [0.4, 0.5) is 0 Å². The molecule has 3 N–H and O–H groups in total. The van der Waals surface area contributed by atoms with Gasteiger partial charge in [0.25, 0.3) is 0 Å². The van der Waals surface area contributed by atoms with Crippen LogP contribution in [-0.2, 0) is 6.42 Å². The standard InChI is InChI=1S/C20H31N5.HI/c1-4-25-12-6-8-17(25)14-24-20(21-3)22-11-10-16-13-23-18-9-5-7-15(2)19(16)18;/h5,7,9,13,17,23H,4,6,8,10-12,14H2,1-3H3,(H2,21,22,24);1H. The Morgan fingerprint density at radius 3 is 2.96 bits per heavy atom. The van der Waals surface area contributed by atoms with E-state index in [1.165, 1.54) is 41.4 Å². The van der Waals surface area contributed by atoms with Gasteiger partial charge >= 0.3 is 0 Å². The van der Waals surface area contributed by atoms with Gasteiger partial charge in [-0.05, 0) is 56.5 Å². The lowest BCUT2D eigenvalue weighted by molar-refractivity contribution is 0.267. The first-order valence-corrected chi connectivity index (χ1v) is 9.47. The lowest BCUT2D eigenvalue weighted by atomic mass is 10.1. The Hall–Kier alpha value is -1.28. The highest BCUT2D eigenvalue weighted by Gasteiger charge is 2.22. The number of aromatic nitrogens is 1. The Morgan fingerprint density at radius 1 is 1.35 bits per heavy atom. The number of hydrogen-bond acceptors (Lipinski definition) is 2. The molecule has 2 heterocycles. The molecule has 6 heteroatoms. The maximum absolute atomic E-state index is 4.37. The van der Waals surface area contributed by atoms with E-state index in [1.54, 1.807) is 0 Å².